The predicted octanol–water partition coefficient (Wildman–Crippen LogP) is 3.29. The predicted molar refractivity (Wildman–Crippen MR) is 102 cm³/mol. The van der Waals surface area contributed by atoms with Crippen LogP contribution in [0.15, 0.2) is 0 Å². The van der Waals surface area contributed by atoms with Gasteiger partial charge in [0.25, 0.3) is 6.47 Å². The second-order valence-electron chi connectivity index (χ2n) is 10.1. The van der Waals surface area contributed by atoms with E-state index in [1.165, 1.54) is 12.8 Å². The molecule has 2 bridgehead atoms. The molecule has 5 aliphatic carbocycles. The van der Waals surface area contributed by atoms with Gasteiger partial charge in [-0.15, -0.1) is 0 Å². The molecule has 5 aliphatic rings. The minimum absolute atomic E-state index is 0.0105. The summed E-state index contributed by atoms with van der Waals surface area (Å²) >= 11 is -0.853. The van der Waals surface area contributed by atoms with E-state index >= 15 is 0 Å². The van der Waals surface area contributed by atoms with Crippen LogP contribution in [0.25, 0.3) is 0 Å². The zero-order valence-electron chi connectivity index (χ0n) is 16.4. The Morgan fingerprint density at radius 3 is 2.62 bits per heavy atom. The van der Waals surface area contributed by atoms with Gasteiger partial charge in [-0.1, -0.05) is 18.1 Å². The Bertz CT molecular complexity index is 568. The standard InChI is InChI=1S/C21H34O4S/c1-19-7-4-8-20(2,25-13-22)16(19)6-10-21-9-5-14(11-17(19)21)15(18(21)23)12-26(3)24/h13-18,23H,4-12H2,1-3H3/t14-,15+,16-,17-,18-,19+,20+,21-,26?/m0/s1. The van der Waals surface area contributed by atoms with E-state index in [4.69, 9.17) is 4.74 Å². The van der Waals surface area contributed by atoms with Gasteiger partial charge in [0.2, 0.25) is 0 Å². The Morgan fingerprint density at radius 1 is 1.19 bits per heavy atom. The van der Waals surface area contributed by atoms with Crippen molar-refractivity contribution in [2.45, 2.75) is 76.9 Å². The smallest absolute Gasteiger partial charge is 0.293 e. The molecule has 0 amide bonds. The SMILES string of the molecule is C[S+]([O-])C[C@@H]1[C@H]2CC[C@@]3(CC[C@H]4[C@@](C)(CCC[C@@]4(C)OC=O)[C@@H]3C2)[C@H]1O. The molecule has 4 nitrogen and oxygen atoms in total. The summed E-state index contributed by atoms with van der Waals surface area (Å²) < 4.78 is 17.6. The van der Waals surface area contributed by atoms with Gasteiger partial charge in [0.05, 0.1) is 12.4 Å². The highest BCUT2D eigenvalue weighted by atomic mass is 32.2. The number of fused-ring (bicyclic) bond motifs is 3. The molecule has 5 fully saturated rings. The van der Waals surface area contributed by atoms with E-state index in [-0.39, 0.29) is 28.5 Å². The summed E-state index contributed by atoms with van der Waals surface area (Å²) in [5.41, 5.74) is -0.240. The molecule has 0 saturated heterocycles. The molecule has 1 N–H and O–H groups in total. The number of carbonyl (C=O) groups excluding carboxylic acids is 1. The average Bonchev–Trinajstić information content (AvgIpc) is 2.57. The van der Waals surface area contributed by atoms with E-state index in [2.05, 4.69) is 13.8 Å². The molecule has 26 heavy (non-hydrogen) atoms. The van der Waals surface area contributed by atoms with Crippen LogP contribution in [0, 0.1) is 34.5 Å². The fourth-order valence-corrected chi connectivity index (χ4v) is 9.16. The fourth-order valence-electron chi connectivity index (χ4n) is 8.16. The zero-order chi connectivity index (χ0) is 18.7. The van der Waals surface area contributed by atoms with Gasteiger partial charge >= 0.3 is 0 Å². The van der Waals surface area contributed by atoms with Crippen LogP contribution in [0.4, 0.5) is 0 Å². The van der Waals surface area contributed by atoms with Crippen molar-refractivity contribution in [3.05, 3.63) is 0 Å². The van der Waals surface area contributed by atoms with Crippen molar-refractivity contribution in [3.63, 3.8) is 0 Å². The van der Waals surface area contributed by atoms with Crippen molar-refractivity contribution < 1.29 is 19.2 Å². The van der Waals surface area contributed by atoms with Crippen molar-refractivity contribution >= 4 is 17.6 Å². The molecule has 1 unspecified atom stereocenters. The molecular formula is C21H34O4S. The number of ether oxygens (including phenoxy) is 1. The van der Waals surface area contributed by atoms with Gasteiger partial charge in [0.1, 0.15) is 11.4 Å². The highest BCUT2D eigenvalue weighted by molar-refractivity contribution is 7.90. The lowest BCUT2D eigenvalue weighted by Crippen LogP contribution is -2.67. The van der Waals surface area contributed by atoms with Crippen LogP contribution in [0.2, 0.25) is 0 Å². The van der Waals surface area contributed by atoms with Crippen LogP contribution in [-0.4, -0.2) is 39.8 Å². The molecule has 5 saturated carbocycles. The Balaban J connectivity index is 1.68. The van der Waals surface area contributed by atoms with Crippen LogP contribution >= 0.6 is 0 Å². The Hall–Kier alpha value is -0.260. The lowest BCUT2D eigenvalue weighted by atomic mass is 9.36. The lowest BCUT2D eigenvalue weighted by molar-refractivity contribution is -0.252. The zero-order valence-corrected chi connectivity index (χ0v) is 17.2. The van der Waals surface area contributed by atoms with Crippen molar-refractivity contribution in [1.29, 1.82) is 0 Å². The summed E-state index contributed by atoms with van der Waals surface area (Å²) in [6.45, 7) is 5.18. The van der Waals surface area contributed by atoms with E-state index in [9.17, 15) is 14.5 Å². The summed E-state index contributed by atoms with van der Waals surface area (Å²) in [5.74, 6) is 2.23. The largest absolute Gasteiger partial charge is 0.617 e. The third-order valence-corrected chi connectivity index (χ3v) is 10.0. The molecule has 0 aliphatic heterocycles. The molecule has 1 spiro atoms. The number of rotatable bonds is 4. The highest BCUT2D eigenvalue weighted by Gasteiger charge is 2.68. The topological polar surface area (TPSA) is 69.6 Å². The van der Waals surface area contributed by atoms with Gasteiger partial charge in [-0.3, -0.25) is 4.79 Å². The van der Waals surface area contributed by atoms with Crippen molar-refractivity contribution in [2.24, 2.45) is 34.5 Å². The molecule has 0 heterocycles. The maximum Gasteiger partial charge on any atom is 0.293 e. The average molecular weight is 383 g/mol. The summed E-state index contributed by atoms with van der Waals surface area (Å²) in [5, 5.41) is 11.4. The van der Waals surface area contributed by atoms with Crippen molar-refractivity contribution in [3.8, 4) is 0 Å². The first-order valence-corrected chi connectivity index (χ1v) is 12.1. The van der Waals surface area contributed by atoms with Crippen molar-refractivity contribution in [2.75, 3.05) is 12.0 Å². The number of carbonyl (C=O) groups is 1. The minimum Gasteiger partial charge on any atom is -0.617 e. The van der Waals surface area contributed by atoms with Crippen LogP contribution in [0.3, 0.4) is 0 Å². The van der Waals surface area contributed by atoms with E-state index in [0.29, 0.717) is 30.0 Å². The molecule has 5 rings (SSSR count). The molecule has 5 heteroatoms. The van der Waals surface area contributed by atoms with E-state index in [1.54, 1.807) is 6.26 Å². The normalized spacial score (nSPS) is 54.1. The van der Waals surface area contributed by atoms with Crippen LogP contribution < -0.4 is 0 Å². The van der Waals surface area contributed by atoms with E-state index < -0.39 is 11.2 Å². The van der Waals surface area contributed by atoms with Crippen LogP contribution in [0.5, 0.6) is 0 Å². The molecule has 148 valence electrons. The minimum atomic E-state index is -0.853. The Kier molecular flexibility index (Phi) is 4.68. The number of aliphatic hydroxyl groups excluding tert-OH is 1. The third kappa shape index (κ3) is 2.52. The van der Waals surface area contributed by atoms with Gasteiger partial charge in [-0.25, -0.2) is 0 Å². The summed E-state index contributed by atoms with van der Waals surface area (Å²) in [7, 11) is 0. The third-order valence-electron chi connectivity index (χ3n) is 9.17. The summed E-state index contributed by atoms with van der Waals surface area (Å²) in [6.07, 6.45) is 10.2. The van der Waals surface area contributed by atoms with Crippen LogP contribution in [-0.2, 0) is 20.7 Å². The Labute approximate surface area is 160 Å². The van der Waals surface area contributed by atoms with Gasteiger partial charge in [-0.05, 0) is 75.5 Å². The first kappa shape index (κ1) is 19.1. The first-order valence-electron chi connectivity index (χ1n) is 10.4. The fraction of sp³-hybridized carbons (Fsp3) is 0.952. The van der Waals surface area contributed by atoms with Gasteiger partial charge in [0.15, 0.2) is 0 Å². The maximum absolute atomic E-state index is 11.9. The number of aliphatic hydroxyl groups is 1. The summed E-state index contributed by atoms with van der Waals surface area (Å²) in [6, 6.07) is 0. The van der Waals surface area contributed by atoms with E-state index in [1.807, 2.05) is 0 Å². The molecule has 0 radical (unpaired) electrons. The molecule has 0 aromatic heterocycles. The molecule has 9 atom stereocenters. The van der Waals surface area contributed by atoms with Crippen LogP contribution in [0.1, 0.15) is 65.2 Å². The molecule has 0 aromatic rings. The number of hydrogen-bond acceptors (Lipinski definition) is 4. The van der Waals surface area contributed by atoms with E-state index in [0.717, 1.165) is 38.5 Å². The second-order valence-corrected chi connectivity index (χ2v) is 11.6. The highest BCUT2D eigenvalue weighted by Crippen LogP contribution is 2.71. The first-order chi connectivity index (χ1) is 12.3. The lowest BCUT2D eigenvalue weighted by Gasteiger charge is -2.69. The van der Waals surface area contributed by atoms with Gasteiger partial charge in [-0.2, -0.15) is 0 Å². The summed E-state index contributed by atoms with van der Waals surface area (Å²) in [4.78, 5) is 11.2. The monoisotopic (exact) mass is 382 g/mol. The van der Waals surface area contributed by atoms with Gasteiger partial charge < -0.3 is 14.4 Å². The Morgan fingerprint density at radius 2 is 1.92 bits per heavy atom. The van der Waals surface area contributed by atoms with Crippen molar-refractivity contribution in [1.82, 2.24) is 0 Å². The maximum atomic E-state index is 11.9. The quantitative estimate of drug-likeness (QED) is 0.598. The number of hydrogen-bond donors (Lipinski definition) is 1. The van der Waals surface area contributed by atoms with Gasteiger partial charge in [0, 0.05) is 17.3 Å². The second kappa shape index (κ2) is 6.38. The molecule has 0 aromatic carbocycles. The molecular weight excluding hydrogens is 348 g/mol.